The van der Waals surface area contributed by atoms with Crippen molar-refractivity contribution >= 4 is 32.9 Å². The van der Waals surface area contributed by atoms with Crippen molar-refractivity contribution in [3.63, 3.8) is 0 Å². The van der Waals surface area contributed by atoms with E-state index in [4.69, 9.17) is 18.0 Å². The first-order valence-corrected chi connectivity index (χ1v) is 7.95. The molecule has 0 radical (unpaired) electrons. The van der Waals surface area contributed by atoms with E-state index < -0.39 is 9.84 Å². The monoisotopic (exact) mass is 287 g/mol. The summed E-state index contributed by atoms with van der Waals surface area (Å²) >= 11 is 4.98. The summed E-state index contributed by atoms with van der Waals surface area (Å²) in [5, 5.41) is 3.06. The van der Waals surface area contributed by atoms with Crippen LogP contribution in [0.25, 0.3) is 0 Å². The number of nitrogens with one attached hydrogen (secondary N) is 1. The lowest BCUT2D eigenvalue weighted by atomic mass is 10.1. The van der Waals surface area contributed by atoms with Crippen molar-refractivity contribution < 1.29 is 8.42 Å². The van der Waals surface area contributed by atoms with Gasteiger partial charge in [-0.1, -0.05) is 12.2 Å². The third kappa shape index (κ3) is 4.58. The Bertz CT molecular complexity index is 541. The number of hydrogen-bond donors (Lipinski definition) is 2. The minimum absolute atomic E-state index is 0.147. The maximum Gasteiger partial charge on any atom is 0.147 e. The molecule has 1 rings (SSSR count). The van der Waals surface area contributed by atoms with Gasteiger partial charge in [-0.05, 0) is 25.0 Å². The summed E-state index contributed by atoms with van der Waals surface area (Å²) in [6, 6.07) is 1.83. The first-order chi connectivity index (χ1) is 8.31. The van der Waals surface area contributed by atoms with Crippen molar-refractivity contribution in [3.05, 3.63) is 23.4 Å². The molecule has 3 N–H and O–H groups in total. The van der Waals surface area contributed by atoms with E-state index in [1.54, 1.807) is 6.20 Å². The lowest BCUT2D eigenvalue weighted by Gasteiger charge is -2.11. The highest BCUT2D eigenvalue weighted by Gasteiger charge is 2.09. The Balaban J connectivity index is 2.68. The maximum atomic E-state index is 11.0. The van der Waals surface area contributed by atoms with E-state index in [0.717, 1.165) is 5.56 Å². The average molecular weight is 287 g/mol. The number of nitrogens with two attached hydrogens (primary N) is 1. The number of hydrogen-bond acceptors (Lipinski definition) is 5. The quantitative estimate of drug-likeness (QED) is 0.596. The molecule has 0 atom stereocenters. The fraction of sp³-hybridized carbons (Fsp3) is 0.455. The van der Waals surface area contributed by atoms with E-state index in [2.05, 4.69) is 10.3 Å². The van der Waals surface area contributed by atoms with Gasteiger partial charge in [-0.25, -0.2) is 13.4 Å². The van der Waals surface area contributed by atoms with Crippen LogP contribution in [0, 0.1) is 6.92 Å². The molecule has 0 fully saturated rings. The van der Waals surface area contributed by atoms with Crippen LogP contribution in [0.5, 0.6) is 0 Å². The standard InChI is InChI=1S/C11H17N3O2S2/c1-8-4-6-14-11(9(8)10(12)17)13-5-3-7-18(2,15)16/h4,6H,3,5,7H2,1-2H3,(H2,12,17)(H,13,14). The number of rotatable bonds is 6. The summed E-state index contributed by atoms with van der Waals surface area (Å²) in [4.78, 5) is 4.45. The number of aromatic nitrogens is 1. The SMILES string of the molecule is Cc1ccnc(NCCCS(C)(=O)=O)c1C(N)=S. The van der Waals surface area contributed by atoms with Gasteiger partial charge in [-0.3, -0.25) is 0 Å². The first-order valence-electron chi connectivity index (χ1n) is 5.48. The Labute approximate surface area is 113 Å². The number of thiocarbonyl (C=S) groups is 1. The molecule has 1 aromatic rings. The molecule has 5 nitrogen and oxygen atoms in total. The number of anilines is 1. The molecule has 100 valence electrons. The van der Waals surface area contributed by atoms with Gasteiger partial charge in [0.2, 0.25) is 0 Å². The summed E-state index contributed by atoms with van der Waals surface area (Å²) < 4.78 is 22.0. The van der Waals surface area contributed by atoms with Crippen molar-refractivity contribution in [1.29, 1.82) is 0 Å². The van der Waals surface area contributed by atoms with Crippen LogP contribution in [-0.2, 0) is 9.84 Å². The Hall–Kier alpha value is -1.21. The van der Waals surface area contributed by atoms with Crippen LogP contribution in [0.15, 0.2) is 12.3 Å². The van der Waals surface area contributed by atoms with Gasteiger partial charge in [0.15, 0.2) is 0 Å². The van der Waals surface area contributed by atoms with Gasteiger partial charge in [0, 0.05) is 19.0 Å². The molecule has 0 aliphatic rings. The predicted molar refractivity (Wildman–Crippen MR) is 77.7 cm³/mol. The molecule has 18 heavy (non-hydrogen) atoms. The van der Waals surface area contributed by atoms with Crippen molar-refractivity contribution in [2.24, 2.45) is 5.73 Å². The fourth-order valence-corrected chi connectivity index (χ4v) is 2.47. The highest BCUT2D eigenvalue weighted by Crippen LogP contribution is 2.16. The summed E-state index contributed by atoms with van der Waals surface area (Å²) in [6.45, 7) is 2.41. The van der Waals surface area contributed by atoms with E-state index in [1.807, 2.05) is 13.0 Å². The van der Waals surface area contributed by atoms with Gasteiger partial charge in [0.05, 0.1) is 11.3 Å². The summed E-state index contributed by atoms with van der Waals surface area (Å²) in [6.07, 6.45) is 3.40. The third-order valence-corrected chi connectivity index (χ3v) is 3.62. The first kappa shape index (κ1) is 14.8. The van der Waals surface area contributed by atoms with Crippen LogP contribution in [-0.4, -0.2) is 36.9 Å². The molecule has 0 amide bonds. The largest absolute Gasteiger partial charge is 0.389 e. The Morgan fingerprint density at radius 2 is 2.22 bits per heavy atom. The molecule has 0 aliphatic heterocycles. The molecule has 0 aliphatic carbocycles. The highest BCUT2D eigenvalue weighted by molar-refractivity contribution is 7.90. The second-order valence-corrected chi connectivity index (χ2v) is 6.83. The number of aryl methyl sites for hydroxylation is 1. The molecule has 0 saturated heterocycles. The lowest BCUT2D eigenvalue weighted by Crippen LogP contribution is -2.17. The van der Waals surface area contributed by atoms with Gasteiger partial charge < -0.3 is 11.1 Å². The molecule has 0 saturated carbocycles. The van der Waals surface area contributed by atoms with Gasteiger partial charge >= 0.3 is 0 Å². The van der Waals surface area contributed by atoms with Crippen LogP contribution >= 0.6 is 12.2 Å². The summed E-state index contributed by atoms with van der Waals surface area (Å²) in [5.74, 6) is 0.754. The highest BCUT2D eigenvalue weighted by atomic mass is 32.2. The second-order valence-electron chi connectivity index (χ2n) is 4.13. The fourth-order valence-electron chi connectivity index (χ4n) is 1.54. The zero-order valence-corrected chi connectivity index (χ0v) is 12.1. The van der Waals surface area contributed by atoms with E-state index in [9.17, 15) is 8.42 Å². The molecule has 1 aromatic heterocycles. The van der Waals surface area contributed by atoms with Crippen LogP contribution in [0.1, 0.15) is 17.5 Å². The van der Waals surface area contributed by atoms with Crippen molar-refractivity contribution in [2.45, 2.75) is 13.3 Å². The molecule has 0 spiro atoms. The topological polar surface area (TPSA) is 85.1 Å². The second kappa shape index (κ2) is 6.10. The molecule has 0 unspecified atom stereocenters. The number of pyridine rings is 1. The smallest absolute Gasteiger partial charge is 0.147 e. The van der Waals surface area contributed by atoms with Crippen molar-refractivity contribution in [1.82, 2.24) is 4.98 Å². The number of nitrogens with zero attached hydrogens (tertiary/aromatic N) is 1. The van der Waals surface area contributed by atoms with Gasteiger partial charge in [-0.15, -0.1) is 0 Å². The molecule has 0 aromatic carbocycles. The Kier molecular flexibility index (Phi) is 5.03. The van der Waals surface area contributed by atoms with E-state index in [0.29, 0.717) is 24.3 Å². The molecular formula is C11H17N3O2S2. The van der Waals surface area contributed by atoms with E-state index in [-0.39, 0.29) is 10.7 Å². The Morgan fingerprint density at radius 3 is 2.78 bits per heavy atom. The molecular weight excluding hydrogens is 270 g/mol. The summed E-state index contributed by atoms with van der Waals surface area (Å²) in [7, 11) is -2.92. The Morgan fingerprint density at radius 1 is 1.56 bits per heavy atom. The molecule has 1 heterocycles. The van der Waals surface area contributed by atoms with Gasteiger partial charge in [0.1, 0.15) is 20.6 Å². The zero-order valence-electron chi connectivity index (χ0n) is 10.4. The maximum absolute atomic E-state index is 11.0. The predicted octanol–water partition coefficient (Wildman–Crippen LogP) is 0.871. The third-order valence-electron chi connectivity index (χ3n) is 2.39. The van der Waals surface area contributed by atoms with Crippen molar-refractivity contribution in [2.75, 3.05) is 23.9 Å². The number of sulfone groups is 1. The normalized spacial score (nSPS) is 11.2. The van der Waals surface area contributed by atoms with E-state index >= 15 is 0 Å². The minimum atomic E-state index is -2.92. The van der Waals surface area contributed by atoms with Crippen LogP contribution in [0.2, 0.25) is 0 Å². The minimum Gasteiger partial charge on any atom is -0.389 e. The zero-order chi connectivity index (χ0) is 13.8. The summed E-state index contributed by atoms with van der Waals surface area (Å²) in [5.41, 5.74) is 7.31. The van der Waals surface area contributed by atoms with Crippen molar-refractivity contribution in [3.8, 4) is 0 Å². The van der Waals surface area contributed by atoms with Gasteiger partial charge in [-0.2, -0.15) is 0 Å². The van der Waals surface area contributed by atoms with Crippen LogP contribution in [0.3, 0.4) is 0 Å². The molecule has 0 bridgehead atoms. The van der Waals surface area contributed by atoms with Crippen LogP contribution < -0.4 is 11.1 Å². The van der Waals surface area contributed by atoms with Gasteiger partial charge in [0.25, 0.3) is 0 Å². The lowest BCUT2D eigenvalue weighted by molar-refractivity contribution is 0.600. The molecule has 7 heteroatoms. The van der Waals surface area contributed by atoms with Crippen LogP contribution in [0.4, 0.5) is 5.82 Å². The van der Waals surface area contributed by atoms with E-state index in [1.165, 1.54) is 6.26 Å². The average Bonchev–Trinajstić information content (AvgIpc) is 2.22.